The summed E-state index contributed by atoms with van der Waals surface area (Å²) in [6, 6.07) is 0. The molecule has 0 saturated heterocycles. The number of halogens is 4. The zero-order valence-corrected chi connectivity index (χ0v) is 8.81. The standard InChI is InChI=1S/C8H11ClF3N3/c1-5-7(9)3-14-15(5)4-6(2-13)8(10,11)12/h3,6H,2,4,13H2,1H3. The summed E-state index contributed by atoms with van der Waals surface area (Å²) in [5.41, 5.74) is 5.58. The van der Waals surface area contributed by atoms with Gasteiger partial charge in [-0.25, -0.2) is 0 Å². The van der Waals surface area contributed by atoms with E-state index in [4.69, 9.17) is 17.3 Å². The number of rotatable bonds is 3. The Balaban J connectivity index is 2.80. The molecule has 2 N–H and O–H groups in total. The van der Waals surface area contributed by atoms with Crippen LogP contribution in [0.25, 0.3) is 0 Å². The zero-order chi connectivity index (χ0) is 11.6. The van der Waals surface area contributed by atoms with E-state index in [1.165, 1.54) is 10.9 Å². The molecule has 0 amide bonds. The number of aromatic nitrogens is 2. The Morgan fingerprint density at radius 3 is 2.53 bits per heavy atom. The van der Waals surface area contributed by atoms with Crippen LogP contribution in [-0.4, -0.2) is 22.5 Å². The Morgan fingerprint density at radius 1 is 1.60 bits per heavy atom. The van der Waals surface area contributed by atoms with Crippen LogP contribution in [0.2, 0.25) is 5.02 Å². The van der Waals surface area contributed by atoms with E-state index in [0.717, 1.165) is 0 Å². The topological polar surface area (TPSA) is 43.8 Å². The van der Waals surface area contributed by atoms with Gasteiger partial charge in [0.05, 0.1) is 29.4 Å². The van der Waals surface area contributed by atoms with Crippen LogP contribution in [0.1, 0.15) is 5.69 Å². The van der Waals surface area contributed by atoms with E-state index in [9.17, 15) is 13.2 Å². The molecule has 1 aromatic rings. The van der Waals surface area contributed by atoms with Crippen LogP contribution in [0.3, 0.4) is 0 Å². The molecule has 1 atom stereocenters. The maximum Gasteiger partial charge on any atom is 0.394 e. The van der Waals surface area contributed by atoms with E-state index in [1.807, 2.05) is 0 Å². The lowest BCUT2D eigenvalue weighted by molar-refractivity contribution is -0.175. The Labute approximate surface area is 90.0 Å². The van der Waals surface area contributed by atoms with Gasteiger partial charge in [-0.05, 0) is 6.92 Å². The summed E-state index contributed by atoms with van der Waals surface area (Å²) in [5, 5.41) is 4.10. The smallest absolute Gasteiger partial charge is 0.330 e. The lowest BCUT2D eigenvalue weighted by Crippen LogP contribution is -2.34. The average Bonchev–Trinajstić information content (AvgIpc) is 2.43. The summed E-state index contributed by atoms with van der Waals surface area (Å²) in [6.45, 7) is 0.859. The highest BCUT2D eigenvalue weighted by atomic mass is 35.5. The molecule has 0 aliphatic heterocycles. The quantitative estimate of drug-likeness (QED) is 0.880. The van der Waals surface area contributed by atoms with Gasteiger partial charge in [-0.3, -0.25) is 4.68 Å². The first-order valence-electron chi connectivity index (χ1n) is 4.31. The van der Waals surface area contributed by atoms with E-state index < -0.39 is 18.6 Å². The Bertz CT molecular complexity index is 334. The minimum Gasteiger partial charge on any atom is -0.330 e. The van der Waals surface area contributed by atoms with Gasteiger partial charge in [-0.1, -0.05) is 11.6 Å². The highest BCUT2D eigenvalue weighted by Crippen LogP contribution is 2.27. The second-order valence-corrected chi connectivity index (χ2v) is 3.64. The van der Waals surface area contributed by atoms with Crippen molar-refractivity contribution in [3.05, 3.63) is 16.9 Å². The van der Waals surface area contributed by atoms with Crippen molar-refractivity contribution in [3.63, 3.8) is 0 Å². The third kappa shape index (κ3) is 2.85. The summed E-state index contributed by atoms with van der Waals surface area (Å²) in [7, 11) is 0. The molecule has 3 nitrogen and oxygen atoms in total. The molecule has 1 unspecified atom stereocenters. The molecule has 1 rings (SSSR count). The van der Waals surface area contributed by atoms with Crippen LogP contribution in [0, 0.1) is 12.8 Å². The van der Waals surface area contributed by atoms with Gasteiger partial charge in [0.1, 0.15) is 0 Å². The van der Waals surface area contributed by atoms with Gasteiger partial charge in [0.25, 0.3) is 0 Å². The number of alkyl halides is 3. The number of nitrogens with two attached hydrogens (primary N) is 1. The first-order chi connectivity index (χ1) is 6.86. The molecular formula is C8H11ClF3N3. The second kappa shape index (κ2) is 4.40. The molecule has 86 valence electrons. The molecular weight excluding hydrogens is 231 g/mol. The third-order valence-corrected chi connectivity index (χ3v) is 2.56. The van der Waals surface area contributed by atoms with Gasteiger partial charge in [-0.2, -0.15) is 18.3 Å². The largest absolute Gasteiger partial charge is 0.394 e. The molecule has 7 heteroatoms. The van der Waals surface area contributed by atoms with Crippen LogP contribution >= 0.6 is 11.6 Å². The second-order valence-electron chi connectivity index (χ2n) is 3.23. The SMILES string of the molecule is Cc1c(Cl)cnn1CC(CN)C(F)(F)F. The molecule has 0 aliphatic carbocycles. The fourth-order valence-electron chi connectivity index (χ4n) is 1.13. The highest BCUT2D eigenvalue weighted by Gasteiger charge is 2.39. The Hall–Kier alpha value is -0.750. The lowest BCUT2D eigenvalue weighted by atomic mass is 10.1. The van der Waals surface area contributed by atoms with Crippen molar-refractivity contribution in [1.82, 2.24) is 9.78 Å². The fraction of sp³-hybridized carbons (Fsp3) is 0.625. The molecule has 0 aromatic carbocycles. The van der Waals surface area contributed by atoms with Crippen LogP contribution in [-0.2, 0) is 6.54 Å². The van der Waals surface area contributed by atoms with Crippen LogP contribution in [0.4, 0.5) is 13.2 Å². The van der Waals surface area contributed by atoms with Crippen molar-refractivity contribution >= 4 is 11.6 Å². The highest BCUT2D eigenvalue weighted by molar-refractivity contribution is 6.31. The average molecular weight is 242 g/mol. The third-order valence-electron chi connectivity index (χ3n) is 2.18. The molecule has 0 saturated carbocycles. The number of nitrogens with zero attached hydrogens (tertiary/aromatic N) is 2. The molecule has 0 radical (unpaired) electrons. The molecule has 0 spiro atoms. The minimum absolute atomic E-state index is 0.293. The van der Waals surface area contributed by atoms with Crippen molar-refractivity contribution in [1.29, 1.82) is 0 Å². The first-order valence-corrected chi connectivity index (χ1v) is 4.68. The summed E-state index contributed by atoms with van der Waals surface area (Å²) >= 11 is 5.67. The van der Waals surface area contributed by atoms with Crippen LogP contribution in [0.5, 0.6) is 0 Å². The van der Waals surface area contributed by atoms with Crippen molar-refractivity contribution in [2.24, 2.45) is 11.7 Å². The van der Waals surface area contributed by atoms with E-state index in [1.54, 1.807) is 6.92 Å². The van der Waals surface area contributed by atoms with Gasteiger partial charge in [0, 0.05) is 6.54 Å². The molecule has 1 heterocycles. The van der Waals surface area contributed by atoms with E-state index in [-0.39, 0.29) is 6.54 Å². The predicted molar refractivity (Wildman–Crippen MR) is 50.6 cm³/mol. The summed E-state index contributed by atoms with van der Waals surface area (Å²) in [6.07, 6.45) is -2.99. The van der Waals surface area contributed by atoms with Gasteiger partial charge in [0.2, 0.25) is 0 Å². The number of hydrogen-bond donors (Lipinski definition) is 1. The summed E-state index contributed by atoms with van der Waals surface area (Å²) < 4.78 is 38.4. The molecule has 0 aliphatic rings. The number of hydrogen-bond acceptors (Lipinski definition) is 2. The lowest BCUT2D eigenvalue weighted by Gasteiger charge is -2.18. The normalized spacial score (nSPS) is 14.3. The minimum atomic E-state index is -4.31. The Kier molecular flexibility index (Phi) is 3.62. The molecule has 0 bridgehead atoms. The summed E-state index contributed by atoms with van der Waals surface area (Å²) in [5.74, 6) is -1.59. The molecule has 0 fully saturated rings. The summed E-state index contributed by atoms with van der Waals surface area (Å²) in [4.78, 5) is 0. The van der Waals surface area contributed by atoms with E-state index in [0.29, 0.717) is 10.7 Å². The fourth-order valence-corrected chi connectivity index (χ4v) is 1.27. The monoisotopic (exact) mass is 241 g/mol. The van der Waals surface area contributed by atoms with E-state index in [2.05, 4.69) is 5.10 Å². The van der Waals surface area contributed by atoms with Crippen molar-refractivity contribution in [2.75, 3.05) is 6.54 Å². The zero-order valence-electron chi connectivity index (χ0n) is 8.05. The van der Waals surface area contributed by atoms with Crippen molar-refractivity contribution < 1.29 is 13.2 Å². The van der Waals surface area contributed by atoms with Gasteiger partial charge in [0.15, 0.2) is 0 Å². The molecule has 1 aromatic heterocycles. The van der Waals surface area contributed by atoms with E-state index >= 15 is 0 Å². The Morgan fingerprint density at radius 2 is 2.20 bits per heavy atom. The van der Waals surface area contributed by atoms with Gasteiger partial charge < -0.3 is 5.73 Å². The van der Waals surface area contributed by atoms with Crippen LogP contribution in [0.15, 0.2) is 6.20 Å². The van der Waals surface area contributed by atoms with Gasteiger partial charge >= 0.3 is 6.18 Å². The predicted octanol–water partition coefficient (Wildman–Crippen LogP) is 1.98. The van der Waals surface area contributed by atoms with Crippen LogP contribution < -0.4 is 5.73 Å². The molecule has 15 heavy (non-hydrogen) atoms. The first kappa shape index (κ1) is 12.3. The maximum atomic E-state index is 12.4. The van der Waals surface area contributed by atoms with Crippen molar-refractivity contribution in [3.8, 4) is 0 Å². The van der Waals surface area contributed by atoms with Gasteiger partial charge in [-0.15, -0.1) is 0 Å². The maximum absolute atomic E-state index is 12.4. The van der Waals surface area contributed by atoms with Crippen molar-refractivity contribution in [2.45, 2.75) is 19.6 Å².